The van der Waals surface area contributed by atoms with E-state index in [1.807, 2.05) is 19.1 Å². The largest absolute Gasteiger partial charge is 0.198 e. The van der Waals surface area contributed by atoms with Gasteiger partial charge in [-0.1, -0.05) is 24.3 Å². The second kappa shape index (κ2) is 6.10. The molecule has 0 rings (SSSR count). The SMILES string of the molecule is C=C/C(=C\C)CCCC#N. The van der Waals surface area contributed by atoms with Crippen LogP contribution in [0.3, 0.4) is 0 Å². The lowest BCUT2D eigenvalue weighted by Crippen LogP contribution is -1.77. The molecule has 0 bridgehead atoms. The van der Waals surface area contributed by atoms with Crippen LogP contribution in [0.1, 0.15) is 26.2 Å². The maximum absolute atomic E-state index is 8.23. The van der Waals surface area contributed by atoms with Gasteiger partial charge in [0, 0.05) is 6.42 Å². The summed E-state index contributed by atoms with van der Waals surface area (Å²) in [5.74, 6) is 0. The molecule has 0 heterocycles. The van der Waals surface area contributed by atoms with Gasteiger partial charge in [0.15, 0.2) is 0 Å². The van der Waals surface area contributed by atoms with E-state index in [-0.39, 0.29) is 0 Å². The zero-order chi connectivity index (χ0) is 7.82. The summed E-state index contributed by atoms with van der Waals surface area (Å²) in [4.78, 5) is 0. The van der Waals surface area contributed by atoms with E-state index in [2.05, 4.69) is 12.6 Å². The molecule has 0 aliphatic rings. The fourth-order valence-electron chi connectivity index (χ4n) is 0.736. The van der Waals surface area contributed by atoms with E-state index in [4.69, 9.17) is 5.26 Å². The van der Waals surface area contributed by atoms with Gasteiger partial charge in [-0.05, 0) is 19.8 Å². The molecule has 1 nitrogen and oxygen atoms in total. The highest BCUT2D eigenvalue weighted by Crippen LogP contribution is 2.06. The van der Waals surface area contributed by atoms with Gasteiger partial charge in [0.05, 0.1) is 6.07 Å². The topological polar surface area (TPSA) is 23.8 Å². The van der Waals surface area contributed by atoms with Crippen LogP contribution < -0.4 is 0 Å². The second-order valence-electron chi connectivity index (χ2n) is 2.08. The van der Waals surface area contributed by atoms with E-state index in [1.54, 1.807) is 0 Å². The van der Waals surface area contributed by atoms with Gasteiger partial charge in [-0.3, -0.25) is 0 Å². The predicted molar refractivity (Wildman–Crippen MR) is 43.4 cm³/mol. The van der Waals surface area contributed by atoms with Crippen molar-refractivity contribution in [3.05, 3.63) is 24.3 Å². The first-order valence-corrected chi connectivity index (χ1v) is 3.49. The van der Waals surface area contributed by atoms with Gasteiger partial charge in [0.25, 0.3) is 0 Å². The summed E-state index contributed by atoms with van der Waals surface area (Å²) in [5.41, 5.74) is 1.23. The lowest BCUT2D eigenvalue weighted by molar-refractivity contribution is 0.853. The van der Waals surface area contributed by atoms with Crippen molar-refractivity contribution >= 4 is 0 Å². The van der Waals surface area contributed by atoms with Gasteiger partial charge >= 0.3 is 0 Å². The number of allylic oxidation sites excluding steroid dienone is 3. The lowest BCUT2D eigenvalue weighted by atomic mass is 10.1. The van der Waals surface area contributed by atoms with Crippen molar-refractivity contribution in [2.75, 3.05) is 0 Å². The van der Waals surface area contributed by atoms with Crippen molar-refractivity contribution in [2.45, 2.75) is 26.2 Å². The van der Waals surface area contributed by atoms with Gasteiger partial charge in [-0.25, -0.2) is 0 Å². The molecule has 0 atom stereocenters. The lowest BCUT2D eigenvalue weighted by Gasteiger charge is -1.95. The first kappa shape index (κ1) is 8.97. The van der Waals surface area contributed by atoms with E-state index in [0.717, 1.165) is 12.8 Å². The fraction of sp³-hybridized carbons (Fsp3) is 0.444. The number of nitriles is 1. The minimum absolute atomic E-state index is 0.644. The predicted octanol–water partition coefficient (Wildman–Crippen LogP) is 2.81. The van der Waals surface area contributed by atoms with Gasteiger partial charge in [-0.2, -0.15) is 5.26 Å². The molecule has 0 aliphatic heterocycles. The molecule has 0 saturated carbocycles. The molecule has 0 radical (unpaired) electrons. The summed E-state index contributed by atoms with van der Waals surface area (Å²) in [7, 11) is 0. The number of hydrogen-bond acceptors (Lipinski definition) is 1. The molecule has 0 fully saturated rings. The molecule has 0 amide bonds. The highest BCUT2D eigenvalue weighted by atomic mass is 14.2. The van der Waals surface area contributed by atoms with Crippen LogP contribution in [-0.2, 0) is 0 Å². The maximum atomic E-state index is 8.23. The minimum atomic E-state index is 0.644. The van der Waals surface area contributed by atoms with Crippen molar-refractivity contribution in [3.8, 4) is 6.07 Å². The standard InChI is InChI=1S/C9H13N/c1-3-9(4-2)7-5-6-8-10/h3-4H,1,5-7H2,2H3/b9-4+. The van der Waals surface area contributed by atoms with Crippen molar-refractivity contribution in [1.29, 1.82) is 5.26 Å². The first-order chi connectivity index (χ1) is 4.85. The van der Waals surface area contributed by atoms with E-state index in [1.165, 1.54) is 5.57 Å². The molecule has 10 heavy (non-hydrogen) atoms. The van der Waals surface area contributed by atoms with E-state index < -0.39 is 0 Å². The summed E-state index contributed by atoms with van der Waals surface area (Å²) in [6.45, 7) is 5.65. The highest BCUT2D eigenvalue weighted by Gasteiger charge is 1.88. The van der Waals surface area contributed by atoms with Crippen LogP contribution in [0.5, 0.6) is 0 Å². The van der Waals surface area contributed by atoms with Crippen LogP contribution in [0.25, 0.3) is 0 Å². The molecule has 0 unspecified atom stereocenters. The van der Waals surface area contributed by atoms with Crippen LogP contribution in [-0.4, -0.2) is 0 Å². The molecule has 0 aromatic heterocycles. The quantitative estimate of drug-likeness (QED) is 0.429. The third-order valence-electron chi connectivity index (χ3n) is 1.39. The maximum Gasteiger partial charge on any atom is 0.0621 e. The Morgan fingerprint density at radius 2 is 2.40 bits per heavy atom. The first-order valence-electron chi connectivity index (χ1n) is 3.49. The zero-order valence-electron chi connectivity index (χ0n) is 6.43. The van der Waals surface area contributed by atoms with Crippen molar-refractivity contribution < 1.29 is 0 Å². The summed E-state index contributed by atoms with van der Waals surface area (Å²) < 4.78 is 0. The Morgan fingerprint density at radius 1 is 1.70 bits per heavy atom. The molecule has 1 heteroatoms. The fourth-order valence-corrected chi connectivity index (χ4v) is 0.736. The molecule has 0 aromatic rings. The summed E-state index contributed by atoms with van der Waals surface area (Å²) in [5, 5.41) is 8.23. The number of unbranched alkanes of at least 4 members (excludes halogenated alkanes) is 1. The van der Waals surface area contributed by atoms with E-state index >= 15 is 0 Å². The molecule has 0 saturated heterocycles. The Hall–Kier alpha value is -1.03. The summed E-state index contributed by atoms with van der Waals surface area (Å²) in [6, 6.07) is 2.11. The molecular weight excluding hydrogens is 122 g/mol. The average molecular weight is 135 g/mol. The zero-order valence-corrected chi connectivity index (χ0v) is 6.43. The highest BCUT2D eigenvalue weighted by molar-refractivity contribution is 5.14. The van der Waals surface area contributed by atoms with Gasteiger partial charge in [-0.15, -0.1) is 0 Å². The van der Waals surface area contributed by atoms with Crippen LogP contribution in [0.2, 0.25) is 0 Å². The molecule has 0 aliphatic carbocycles. The van der Waals surface area contributed by atoms with E-state index in [9.17, 15) is 0 Å². The third kappa shape index (κ3) is 3.91. The van der Waals surface area contributed by atoms with Gasteiger partial charge < -0.3 is 0 Å². The minimum Gasteiger partial charge on any atom is -0.198 e. The third-order valence-corrected chi connectivity index (χ3v) is 1.39. The molecule has 0 spiro atoms. The van der Waals surface area contributed by atoms with E-state index in [0.29, 0.717) is 6.42 Å². The van der Waals surface area contributed by atoms with Gasteiger partial charge in [0.1, 0.15) is 0 Å². The van der Waals surface area contributed by atoms with Crippen LogP contribution in [0.15, 0.2) is 24.3 Å². The Bertz CT molecular complexity index is 160. The average Bonchev–Trinajstić information content (AvgIpc) is 1.99. The normalized spacial score (nSPS) is 10.6. The Kier molecular flexibility index (Phi) is 5.47. The monoisotopic (exact) mass is 135 g/mol. The molecule has 0 aromatic carbocycles. The van der Waals surface area contributed by atoms with Crippen molar-refractivity contribution in [2.24, 2.45) is 0 Å². The molecular formula is C9H13N. The Labute approximate surface area is 62.7 Å². The van der Waals surface area contributed by atoms with Crippen LogP contribution in [0.4, 0.5) is 0 Å². The number of nitrogens with zero attached hydrogens (tertiary/aromatic N) is 1. The van der Waals surface area contributed by atoms with Crippen LogP contribution >= 0.6 is 0 Å². The van der Waals surface area contributed by atoms with Crippen molar-refractivity contribution in [3.63, 3.8) is 0 Å². The molecule has 0 N–H and O–H groups in total. The number of hydrogen-bond donors (Lipinski definition) is 0. The summed E-state index contributed by atoms with van der Waals surface area (Å²) in [6.07, 6.45) is 6.45. The Balaban J connectivity index is 3.48. The van der Waals surface area contributed by atoms with Gasteiger partial charge in [0.2, 0.25) is 0 Å². The summed E-state index contributed by atoms with van der Waals surface area (Å²) >= 11 is 0. The van der Waals surface area contributed by atoms with Crippen LogP contribution in [0, 0.1) is 11.3 Å². The van der Waals surface area contributed by atoms with Crippen molar-refractivity contribution in [1.82, 2.24) is 0 Å². The second-order valence-corrected chi connectivity index (χ2v) is 2.08. The number of rotatable bonds is 4. The Morgan fingerprint density at radius 3 is 2.80 bits per heavy atom. The smallest absolute Gasteiger partial charge is 0.0621 e. The molecule has 54 valence electrons.